The van der Waals surface area contributed by atoms with Crippen LogP contribution in [-0.4, -0.2) is 18.5 Å². The van der Waals surface area contributed by atoms with Crippen LogP contribution in [-0.2, 0) is 4.79 Å². The third kappa shape index (κ3) is 3.80. The zero-order chi connectivity index (χ0) is 18.0. The SMILES string of the molecule is CCOc1ccc(/C=C2/NC(=O)N(c3ccc(Cl)cc3)C2=O)cc1I. The molecule has 5 nitrogen and oxygen atoms in total. The summed E-state index contributed by atoms with van der Waals surface area (Å²) in [7, 11) is 0. The Morgan fingerprint density at radius 3 is 2.56 bits per heavy atom. The van der Waals surface area contributed by atoms with Crippen molar-refractivity contribution in [3.8, 4) is 5.75 Å². The summed E-state index contributed by atoms with van der Waals surface area (Å²) in [6.07, 6.45) is 1.65. The van der Waals surface area contributed by atoms with Crippen molar-refractivity contribution >= 4 is 57.9 Å². The highest BCUT2D eigenvalue weighted by atomic mass is 127. The molecule has 1 saturated heterocycles. The Morgan fingerprint density at radius 2 is 1.92 bits per heavy atom. The normalized spacial score (nSPS) is 15.6. The quantitative estimate of drug-likeness (QED) is 0.410. The summed E-state index contributed by atoms with van der Waals surface area (Å²) in [5.41, 5.74) is 1.49. The van der Waals surface area contributed by atoms with Gasteiger partial charge in [-0.05, 0) is 77.6 Å². The number of nitrogens with zero attached hydrogens (tertiary/aromatic N) is 1. The monoisotopic (exact) mass is 468 g/mol. The van der Waals surface area contributed by atoms with E-state index in [0.29, 0.717) is 17.3 Å². The largest absolute Gasteiger partial charge is 0.493 e. The standard InChI is InChI=1S/C18H14ClIN2O3/c1-2-25-16-8-3-11(9-14(16)20)10-15-17(23)22(18(24)21-15)13-6-4-12(19)5-7-13/h3-10H,2H2,1H3,(H,21,24)/b15-10+. The van der Waals surface area contributed by atoms with E-state index in [0.717, 1.165) is 19.8 Å². The van der Waals surface area contributed by atoms with E-state index in [1.165, 1.54) is 0 Å². The molecule has 0 aromatic heterocycles. The Morgan fingerprint density at radius 1 is 1.20 bits per heavy atom. The minimum absolute atomic E-state index is 0.222. The molecule has 3 amide bonds. The summed E-state index contributed by atoms with van der Waals surface area (Å²) >= 11 is 8.02. The van der Waals surface area contributed by atoms with Gasteiger partial charge in [-0.2, -0.15) is 0 Å². The second-order valence-corrected chi connectivity index (χ2v) is 6.83. The molecule has 1 aliphatic rings. The van der Waals surface area contributed by atoms with Gasteiger partial charge in [-0.1, -0.05) is 17.7 Å². The summed E-state index contributed by atoms with van der Waals surface area (Å²) in [6.45, 7) is 2.51. The first-order chi connectivity index (χ1) is 12.0. The predicted octanol–water partition coefficient (Wildman–Crippen LogP) is 4.44. The van der Waals surface area contributed by atoms with Crippen molar-refractivity contribution in [1.82, 2.24) is 5.32 Å². The molecule has 0 saturated carbocycles. The van der Waals surface area contributed by atoms with Crippen molar-refractivity contribution in [2.75, 3.05) is 11.5 Å². The predicted molar refractivity (Wildman–Crippen MR) is 106 cm³/mol. The second-order valence-electron chi connectivity index (χ2n) is 5.23. The number of nitrogens with one attached hydrogen (secondary N) is 1. The molecule has 25 heavy (non-hydrogen) atoms. The first-order valence-corrected chi connectivity index (χ1v) is 9.00. The van der Waals surface area contributed by atoms with Crippen LogP contribution in [0, 0.1) is 3.57 Å². The number of amides is 3. The number of halogens is 2. The van der Waals surface area contributed by atoms with Gasteiger partial charge < -0.3 is 10.1 Å². The van der Waals surface area contributed by atoms with Crippen molar-refractivity contribution in [2.45, 2.75) is 6.92 Å². The lowest BCUT2D eigenvalue weighted by atomic mass is 10.2. The molecule has 1 N–H and O–H groups in total. The first-order valence-electron chi connectivity index (χ1n) is 7.54. The van der Waals surface area contributed by atoms with Crippen molar-refractivity contribution in [3.63, 3.8) is 0 Å². The fourth-order valence-electron chi connectivity index (χ4n) is 2.41. The maximum absolute atomic E-state index is 12.6. The molecule has 2 aromatic rings. The van der Waals surface area contributed by atoms with E-state index in [4.69, 9.17) is 16.3 Å². The van der Waals surface area contributed by atoms with Gasteiger partial charge in [0.1, 0.15) is 11.4 Å². The van der Waals surface area contributed by atoms with Crippen LogP contribution in [0.3, 0.4) is 0 Å². The van der Waals surface area contributed by atoms with Gasteiger partial charge in [0, 0.05) is 5.02 Å². The van der Waals surface area contributed by atoms with E-state index in [-0.39, 0.29) is 5.70 Å². The Kier molecular flexibility index (Phi) is 5.29. The maximum atomic E-state index is 12.6. The highest BCUT2D eigenvalue weighted by Crippen LogP contribution is 2.26. The highest BCUT2D eigenvalue weighted by molar-refractivity contribution is 14.1. The van der Waals surface area contributed by atoms with Gasteiger partial charge in [0.15, 0.2) is 0 Å². The number of ether oxygens (including phenoxy) is 1. The first kappa shape index (κ1) is 17.8. The Bertz CT molecular complexity index is 865. The molecule has 0 spiro atoms. The van der Waals surface area contributed by atoms with Crippen molar-refractivity contribution < 1.29 is 14.3 Å². The second kappa shape index (κ2) is 7.45. The van der Waals surface area contributed by atoms with Gasteiger partial charge in [-0.3, -0.25) is 4.79 Å². The molecular formula is C18H14ClIN2O3. The molecule has 3 rings (SSSR count). The van der Waals surface area contributed by atoms with Crippen LogP contribution < -0.4 is 15.0 Å². The Labute approximate surface area is 163 Å². The summed E-state index contributed by atoms with van der Waals surface area (Å²) in [5.74, 6) is 0.381. The van der Waals surface area contributed by atoms with Crippen LogP contribution >= 0.6 is 34.2 Å². The molecule has 2 aromatic carbocycles. The van der Waals surface area contributed by atoms with Crippen molar-refractivity contribution in [2.24, 2.45) is 0 Å². The summed E-state index contributed by atoms with van der Waals surface area (Å²) in [6, 6.07) is 11.6. The number of carbonyl (C=O) groups is 2. The number of benzene rings is 2. The lowest BCUT2D eigenvalue weighted by Gasteiger charge is -2.11. The van der Waals surface area contributed by atoms with Gasteiger partial charge in [0.2, 0.25) is 0 Å². The Hall–Kier alpha value is -2.06. The molecule has 0 radical (unpaired) electrons. The average Bonchev–Trinajstić information content (AvgIpc) is 2.85. The number of carbonyl (C=O) groups excluding carboxylic acids is 2. The molecule has 0 aliphatic carbocycles. The molecular weight excluding hydrogens is 455 g/mol. The van der Waals surface area contributed by atoms with E-state index < -0.39 is 11.9 Å². The summed E-state index contributed by atoms with van der Waals surface area (Å²) in [4.78, 5) is 25.8. The molecule has 1 aliphatic heterocycles. The summed E-state index contributed by atoms with van der Waals surface area (Å²) in [5, 5.41) is 3.14. The zero-order valence-electron chi connectivity index (χ0n) is 13.3. The molecule has 1 heterocycles. The number of rotatable bonds is 4. The van der Waals surface area contributed by atoms with Crippen molar-refractivity contribution in [1.29, 1.82) is 0 Å². The van der Waals surface area contributed by atoms with Gasteiger partial charge in [0.05, 0.1) is 15.9 Å². The number of anilines is 1. The molecule has 0 atom stereocenters. The number of urea groups is 1. The molecule has 7 heteroatoms. The van der Waals surface area contributed by atoms with Gasteiger partial charge in [-0.15, -0.1) is 0 Å². The van der Waals surface area contributed by atoms with Crippen LogP contribution in [0.4, 0.5) is 10.5 Å². The van der Waals surface area contributed by atoms with Gasteiger partial charge in [0.25, 0.3) is 5.91 Å². The lowest BCUT2D eigenvalue weighted by Crippen LogP contribution is -2.30. The van der Waals surface area contributed by atoms with Crippen LogP contribution in [0.5, 0.6) is 5.75 Å². The zero-order valence-corrected chi connectivity index (χ0v) is 16.2. The fourth-order valence-corrected chi connectivity index (χ4v) is 3.23. The van der Waals surface area contributed by atoms with Crippen LogP contribution in [0.15, 0.2) is 48.2 Å². The highest BCUT2D eigenvalue weighted by Gasteiger charge is 2.34. The van der Waals surface area contributed by atoms with Crippen LogP contribution in [0.25, 0.3) is 6.08 Å². The van der Waals surface area contributed by atoms with Gasteiger partial charge >= 0.3 is 6.03 Å². The van der Waals surface area contributed by atoms with Crippen molar-refractivity contribution in [3.05, 3.63) is 62.3 Å². The Balaban J connectivity index is 1.87. The maximum Gasteiger partial charge on any atom is 0.333 e. The fraction of sp³-hybridized carbons (Fsp3) is 0.111. The van der Waals surface area contributed by atoms with Gasteiger partial charge in [-0.25, -0.2) is 9.69 Å². The third-order valence-electron chi connectivity index (χ3n) is 3.53. The molecule has 128 valence electrons. The molecule has 0 bridgehead atoms. The van der Waals surface area contributed by atoms with E-state index in [9.17, 15) is 9.59 Å². The molecule has 0 unspecified atom stereocenters. The van der Waals surface area contributed by atoms with E-state index >= 15 is 0 Å². The minimum Gasteiger partial charge on any atom is -0.493 e. The third-order valence-corrected chi connectivity index (χ3v) is 4.62. The minimum atomic E-state index is -0.487. The number of imide groups is 1. The summed E-state index contributed by atoms with van der Waals surface area (Å²) < 4.78 is 6.43. The number of hydrogen-bond acceptors (Lipinski definition) is 3. The van der Waals surface area contributed by atoms with E-state index in [1.54, 1.807) is 30.3 Å². The molecule has 1 fully saturated rings. The van der Waals surface area contributed by atoms with Crippen LogP contribution in [0.2, 0.25) is 5.02 Å². The average molecular weight is 469 g/mol. The smallest absolute Gasteiger partial charge is 0.333 e. The van der Waals surface area contributed by atoms with Crippen LogP contribution in [0.1, 0.15) is 12.5 Å². The number of hydrogen-bond donors (Lipinski definition) is 1. The van der Waals surface area contributed by atoms with E-state index in [1.807, 2.05) is 25.1 Å². The lowest BCUT2D eigenvalue weighted by molar-refractivity contribution is -0.113. The topological polar surface area (TPSA) is 58.6 Å². The van der Waals surface area contributed by atoms with E-state index in [2.05, 4.69) is 27.9 Å².